The van der Waals surface area contributed by atoms with Crippen LogP contribution in [0.2, 0.25) is 0 Å². The van der Waals surface area contributed by atoms with E-state index in [0.29, 0.717) is 37.7 Å². The molecule has 0 aliphatic carbocycles. The zero-order valence-electron chi connectivity index (χ0n) is 11.2. The van der Waals surface area contributed by atoms with E-state index in [9.17, 15) is 4.79 Å². The van der Waals surface area contributed by atoms with E-state index in [1.165, 1.54) is 6.92 Å². The van der Waals surface area contributed by atoms with Gasteiger partial charge in [0.2, 0.25) is 0 Å². The van der Waals surface area contributed by atoms with Gasteiger partial charge in [-0.3, -0.25) is 4.79 Å². The Bertz CT molecular complexity index is 387. The standard InChI is InChI=1S/C14H20O4/c1-11-4-5-13(12(2)15)14(10-11)18-9-8-17-7-6-16-3/h4-5,10H,6-9H2,1-3H3. The highest BCUT2D eigenvalue weighted by Crippen LogP contribution is 2.20. The lowest BCUT2D eigenvalue weighted by atomic mass is 10.1. The molecule has 0 saturated carbocycles. The van der Waals surface area contributed by atoms with Crippen LogP contribution in [0.25, 0.3) is 0 Å². The van der Waals surface area contributed by atoms with Crippen molar-refractivity contribution in [1.29, 1.82) is 0 Å². The molecular formula is C14H20O4. The Morgan fingerprint density at radius 2 is 1.89 bits per heavy atom. The van der Waals surface area contributed by atoms with E-state index < -0.39 is 0 Å². The molecule has 0 aliphatic heterocycles. The Morgan fingerprint density at radius 3 is 2.56 bits per heavy atom. The average Bonchev–Trinajstić information content (AvgIpc) is 2.33. The second-order valence-corrected chi connectivity index (χ2v) is 4.01. The van der Waals surface area contributed by atoms with Gasteiger partial charge in [0.1, 0.15) is 12.4 Å². The van der Waals surface area contributed by atoms with Crippen LogP contribution in [0.3, 0.4) is 0 Å². The van der Waals surface area contributed by atoms with Crippen molar-refractivity contribution in [2.24, 2.45) is 0 Å². The van der Waals surface area contributed by atoms with Crippen LogP contribution >= 0.6 is 0 Å². The number of benzene rings is 1. The Morgan fingerprint density at radius 1 is 1.17 bits per heavy atom. The third-order valence-electron chi connectivity index (χ3n) is 2.43. The summed E-state index contributed by atoms with van der Waals surface area (Å²) in [5.74, 6) is 0.628. The molecule has 0 amide bonds. The van der Waals surface area contributed by atoms with Gasteiger partial charge in [-0.15, -0.1) is 0 Å². The topological polar surface area (TPSA) is 44.8 Å². The first-order chi connectivity index (χ1) is 8.65. The van der Waals surface area contributed by atoms with E-state index >= 15 is 0 Å². The highest BCUT2D eigenvalue weighted by atomic mass is 16.5. The van der Waals surface area contributed by atoms with Gasteiger partial charge < -0.3 is 14.2 Å². The molecule has 0 atom stereocenters. The summed E-state index contributed by atoms with van der Waals surface area (Å²) in [4.78, 5) is 11.4. The number of hydrogen-bond donors (Lipinski definition) is 0. The molecule has 0 unspecified atom stereocenters. The summed E-state index contributed by atoms with van der Waals surface area (Å²) in [7, 11) is 1.63. The van der Waals surface area contributed by atoms with E-state index in [-0.39, 0.29) is 5.78 Å². The van der Waals surface area contributed by atoms with Gasteiger partial charge in [0, 0.05) is 7.11 Å². The van der Waals surface area contributed by atoms with Gasteiger partial charge in [0.05, 0.1) is 25.4 Å². The lowest BCUT2D eigenvalue weighted by molar-refractivity contribution is 0.0542. The molecule has 0 aliphatic rings. The molecule has 0 N–H and O–H groups in total. The molecule has 0 heterocycles. The highest BCUT2D eigenvalue weighted by molar-refractivity contribution is 5.96. The number of carbonyl (C=O) groups excluding carboxylic acids is 1. The minimum atomic E-state index is 0.00491. The van der Waals surface area contributed by atoms with Crippen LogP contribution in [0.15, 0.2) is 18.2 Å². The number of rotatable bonds is 8. The fourth-order valence-electron chi connectivity index (χ4n) is 1.49. The van der Waals surface area contributed by atoms with E-state index in [2.05, 4.69) is 0 Å². The molecule has 100 valence electrons. The Balaban J connectivity index is 2.45. The highest BCUT2D eigenvalue weighted by Gasteiger charge is 2.08. The zero-order valence-corrected chi connectivity index (χ0v) is 11.2. The molecule has 0 aromatic heterocycles. The van der Waals surface area contributed by atoms with Crippen LogP contribution in [0, 0.1) is 6.92 Å². The van der Waals surface area contributed by atoms with E-state index in [0.717, 1.165) is 5.56 Å². The van der Waals surface area contributed by atoms with Gasteiger partial charge in [-0.1, -0.05) is 6.07 Å². The Hall–Kier alpha value is -1.39. The first-order valence-electron chi connectivity index (χ1n) is 5.96. The maximum atomic E-state index is 11.4. The van der Waals surface area contributed by atoms with E-state index in [1.54, 1.807) is 13.2 Å². The number of ketones is 1. The molecule has 1 rings (SSSR count). The second kappa shape index (κ2) is 7.84. The van der Waals surface area contributed by atoms with Gasteiger partial charge >= 0.3 is 0 Å². The number of Topliss-reactive ketones (excluding diaryl/α,β-unsaturated/α-hetero) is 1. The lowest BCUT2D eigenvalue weighted by Crippen LogP contribution is -2.11. The summed E-state index contributed by atoms with van der Waals surface area (Å²) in [6.45, 7) is 5.52. The summed E-state index contributed by atoms with van der Waals surface area (Å²) < 4.78 is 15.7. The van der Waals surface area contributed by atoms with Gasteiger partial charge in [0.25, 0.3) is 0 Å². The maximum absolute atomic E-state index is 11.4. The molecular weight excluding hydrogens is 232 g/mol. The number of methoxy groups -OCH3 is 1. The molecule has 4 heteroatoms. The maximum Gasteiger partial charge on any atom is 0.163 e. The summed E-state index contributed by atoms with van der Waals surface area (Å²) in [6.07, 6.45) is 0. The van der Waals surface area contributed by atoms with Crippen molar-refractivity contribution in [3.05, 3.63) is 29.3 Å². The molecule has 4 nitrogen and oxygen atoms in total. The van der Waals surface area contributed by atoms with Crippen molar-refractivity contribution >= 4 is 5.78 Å². The first kappa shape index (κ1) is 14.7. The van der Waals surface area contributed by atoms with Crippen molar-refractivity contribution in [3.8, 4) is 5.75 Å². The number of hydrogen-bond acceptors (Lipinski definition) is 4. The minimum absolute atomic E-state index is 0.00491. The monoisotopic (exact) mass is 252 g/mol. The molecule has 0 radical (unpaired) electrons. The predicted octanol–water partition coefficient (Wildman–Crippen LogP) is 2.24. The molecule has 0 spiro atoms. The van der Waals surface area contributed by atoms with Crippen molar-refractivity contribution in [2.75, 3.05) is 33.5 Å². The fraction of sp³-hybridized carbons (Fsp3) is 0.500. The van der Waals surface area contributed by atoms with Crippen LogP contribution < -0.4 is 4.74 Å². The van der Waals surface area contributed by atoms with Crippen LogP contribution in [-0.2, 0) is 9.47 Å². The van der Waals surface area contributed by atoms with Crippen LogP contribution in [0.4, 0.5) is 0 Å². The van der Waals surface area contributed by atoms with Crippen molar-refractivity contribution < 1.29 is 19.0 Å². The first-order valence-corrected chi connectivity index (χ1v) is 5.96. The minimum Gasteiger partial charge on any atom is -0.490 e. The van der Waals surface area contributed by atoms with Crippen molar-refractivity contribution in [3.63, 3.8) is 0 Å². The third-order valence-corrected chi connectivity index (χ3v) is 2.43. The summed E-state index contributed by atoms with van der Waals surface area (Å²) in [5, 5.41) is 0. The third kappa shape index (κ3) is 4.85. The fourth-order valence-corrected chi connectivity index (χ4v) is 1.49. The molecule has 1 aromatic carbocycles. The molecule has 1 aromatic rings. The second-order valence-electron chi connectivity index (χ2n) is 4.01. The normalized spacial score (nSPS) is 10.4. The van der Waals surface area contributed by atoms with Gasteiger partial charge in [0.15, 0.2) is 5.78 Å². The molecule has 18 heavy (non-hydrogen) atoms. The van der Waals surface area contributed by atoms with Crippen molar-refractivity contribution in [2.45, 2.75) is 13.8 Å². The zero-order chi connectivity index (χ0) is 13.4. The summed E-state index contributed by atoms with van der Waals surface area (Å²) in [5.41, 5.74) is 1.67. The van der Waals surface area contributed by atoms with Crippen LogP contribution in [-0.4, -0.2) is 39.3 Å². The SMILES string of the molecule is COCCOCCOc1cc(C)ccc1C(C)=O. The Labute approximate surface area is 108 Å². The van der Waals surface area contributed by atoms with Gasteiger partial charge in [-0.25, -0.2) is 0 Å². The number of ether oxygens (including phenoxy) is 3. The lowest BCUT2D eigenvalue weighted by Gasteiger charge is -2.11. The number of aryl methyl sites for hydroxylation is 1. The van der Waals surface area contributed by atoms with Gasteiger partial charge in [-0.2, -0.15) is 0 Å². The van der Waals surface area contributed by atoms with Crippen LogP contribution in [0.1, 0.15) is 22.8 Å². The van der Waals surface area contributed by atoms with Crippen LogP contribution in [0.5, 0.6) is 5.75 Å². The quantitative estimate of drug-likeness (QED) is 0.526. The summed E-state index contributed by atoms with van der Waals surface area (Å²) >= 11 is 0. The molecule has 0 bridgehead atoms. The largest absolute Gasteiger partial charge is 0.490 e. The number of carbonyl (C=O) groups is 1. The van der Waals surface area contributed by atoms with Crippen molar-refractivity contribution in [1.82, 2.24) is 0 Å². The predicted molar refractivity (Wildman–Crippen MR) is 69.4 cm³/mol. The smallest absolute Gasteiger partial charge is 0.163 e. The van der Waals surface area contributed by atoms with Gasteiger partial charge in [-0.05, 0) is 31.5 Å². The average molecular weight is 252 g/mol. The molecule has 0 fully saturated rings. The summed E-state index contributed by atoms with van der Waals surface area (Å²) in [6, 6.07) is 5.56. The molecule has 0 saturated heterocycles. The van der Waals surface area contributed by atoms with E-state index in [1.807, 2.05) is 19.1 Å². The van der Waals surface area contributed by atoms with E-state index in [4.69, 9.17) is 14.2 Å². The Kier molecular flexibility index (Phi) is 6.39.